The third kappa shape index (κ3) is 5.45. The van der Waals surface area contributed by atoms with Crippen molar-refractivity contribution in [2.24, 2.45) is 0 Å². The number of carbonyl (C=O) groups is 1. The average Bonchev–Trinajstić information content (AvgIpc) is 2.57. The number of rotatable bonds is 6. The number of anilines is 1. The summed E-state index contributed by atoms with van der Waals surface area (Å²) in [4.78, 5) is 16.5. The van der Waals surface area contributed by atoms with Gasteiger partial charge in [-0.15, -0.1) is 0 Å². The summed E-state index contributed by atoms with van der Waals surface area (Å²) in [5, 5.41) is 17.4. The Labute approximate surface area is 154 Å². The van der Waals surface area contributed by atoms with Crippen molar-refractivity contribution in [3.63, 3.8) is 0 Å². The van der Waals surface area contributed by atoms with Crippen molar-refractivity contribution in [1.82, 2.24) is 15.0 Å². The van der Waals surface area contributed by atoms with E-state index in [4.69, 9.17) is 23.2 Å². The maximum absolute atomic E-state index is 12.4. The van der Waals surface area contributed by atoms with Crippen LogP contribution >= 0.6 is 35.1 Å². The fraction of sp³-hybridized carbons (Fsp3) is 0.200. The summed E-state index contributed by atoms with van der Waals surface area (Å²) in [6, 6.07) is 3.29. The second kappa shape index (κ2) is 8.98. The first-order valence-electron chi connectivity index (χ1n) is 6.98. The van der Waals surface area contributed by atoms with Crippen LogP contribution in [0.1, 0.15) is 6.42 Å². The Balaban J connectivity index is 2.06. The Hall–Kier alpha value is -1.67. The molecule has 1 amide bonds. The Kier molecular flexibility index (Phi) is 6.99. The lowest BCUT2D eigenvalue weighted by molar-refractivity contribution is -0.113. The fourth-order valence-corrected chi connectivity index (χ4v) is 2.78. The van der Waals surface area contributed by atoms with Crippen molar-refractivity contribution < 1.29 is 9.90 Å². The van der Waals surface area contributed by atoms with Gasteiger partial charge in [0.1, 0.15) is 11.6 Å². The third-order valence-electron chi connectivity index (χ3n) is 3.09. The van der Waals surface area contributed by atoms with Crippen molar-refractivity contribution in [2.75, 3.05) is 18.4 Å². The first kappa shape index (κ1) is 18.7. The van der Waals surface area contributed by atoms with Gasteiger partial charge in [0, 0.05) is 29.4 Å². The molecule has 2 heterocycles. The molecule has 1 aliphatic heterocycles. The van der Waals surface area contributed by atoms with Crippen LogP contribution in [0.15, 0.2) is 52.4 Å². The number of nitrogens with one attached hydrogen (secondary N) is 3. The van der Waals surface area contributed by atoms with Crippen molar-refractivity contribution in [1.29, 1.82) is 0 Å². The molecule has 0 saturated heterocycles. The molecule has 0 aromatic carbocycles. The van der Waals surface area contributed by atoms with E-state index in [1.807, 2.05) is 0 Å². The number of carbonyl (C=O) groups excluding carboxylic acids is 1. The number of hydrogen-bond donors (Lipinski definition) is 4. The highest BCUT2D eigenvalue weighted by Gasteiger charge is 2.19. The van der Waals surface area contributed by atoms with E-state index in [1.54, 1.807) is 12.1 Å². The van der Waals surface area contributed by atoms with E-state index >= 15 is 0 Å². The molecule has 2 rings (SSSR count). The monoisotopic (exact) mass is 386 g/mol. The second-order valence-corrected chi connectivity index (χ2v) is 6.40. The molecule has 0 saturated carbocycles. The van der Waals surface area contributed by atoms with Crippen molar-refractivity contribution in [2.45, 2.75) is 6.42 Å². The molecule has 24 heavy (non-hydrogen) atoms. The van der Waals surface area contributed by atoms with Gasteiger partial charge in [-0.05, 0) is 37.0 Å². The Morgan fingerprint density at radius 3 is 2.96 bits per heavy atom. The van der Waals surface area contributed by atoms with Crippen LogP contribution < -0.4 is 15.4 Å². The van der Waals surface area contributed by atoms with Gasteiger partial charge in [-0.3, -0.25) is 4.79 Å². The number of aliphatic hydroxyl groups is 1. The molecule has 1 aromatic heterocycles. The van der Waals surface area contributed by atoms with Gasteiger partial charge in [0.05, 0.1) is 10.1 Å². The van der Waals surface area contributed by atoms with Crippen LogP contribution in [0.4, 0.5) is 5.82 Å². The predicted octanol–water partition coefficient (Wildman–Crippen LogP) is 3.31. The quantitative estimate of drug-likeness (QED) is 0.341. The Morgan fingerprint density at radius 1 is 1.50 bits per heavy atom. The number of aromatic nitrogens is 1. The van der Waals surface area contributed by atoms with E-state index < -0.39 is 0 Å². The summed E-state index contributed by atoms with van der Waals surface area (Å²) in [7, 11) is 0. The normalized spacial score (nSPS) is 15.2. The summed E-state index contributed by atoms with van der Waals surface area (Å²) >= 11 is 12.5. The molecule has 0 fully saturated rings. The minimum atomic E-state index is -0.232. The Bertz CT molecular complexity index is 689. The summed E-state index contributed by atoms with van der Waals surface area (Å²) in [5.74, 6) is 0.0673. The van der Waals surface area contributed by atoms with E-state index in [-0.39, 0.29) is 16.7 Å². The van der Waals surface area contributed by atoms with Crippen molar-refractivity contribution in [3.05, 3.63) is 57.4 Å². The number of halogens is 2. The zero-order chi connectivity index (χ0) is 17.5. The largest absolute Gasteiger partial charge is 0.506 e. The van der Waals surface area contributed by atoms with Crippen molar-refractivity contribution >= 4 is 46.9 Å². The van der Waals surface area contributed by atoms with Crippen LogP contribution in [-0.2, 0) is 4.79 Å². The zero-order valence-electron chi connectivity index (χ0n) is 12.6. The lowest BCUT2D eigenvalue weighted by Crippen LogP contribution is -2.33. The third-order valence-corrected chi connectivity index (χ3v) is 4.21. The molecule has 4 N–H and O–H groups in total. The highest BCUT2D eigenvalue weighted by Crippen LogP contribution is 2.18. The summed E-state index contributed by atoms with van der Waals surface area (Å²) in [5.41, 5.74) is 1.34. The molecular weight excluding hydrogens is 371 g/mol. The zero-order valence-corrected chi connectivity index (χ0v) is 14.9. The van der Waals surface area contributed by atoms with E-state index in [9.17, 15) is 9.90 Å². The van der Waals surface area contributed by atoms with E-state index in [1.165, 1.54) is 11.6 Å². The number of pyridine rings is 1. The smallest absolute Gasteiger partial charge is 0.254 e. The average molecular weight is 387 g/mol. The van der Waals surface area contributed by atoms with E-state index in [2.05, 4.69) is 26.9 Å². The lowest BCUT2D eigenvalue weighted by Gasteiger charge is -2.21. The number of aliphatic hydroxyl groups excluding tert-OH is 1. The van der Waals surface area contributed by atoms with Crippen LogP contribution in [0, 0.1) is 0 Å². The second-order valence-electron chi connectivity index (χ2n) is 4.83. The molecule has 1 aliphatic rings. The molecule has 0 radical (unpaired) electrons. The van der Waals surface area contributed by atoms with Gasteiger partial charge < -0.3 is 20.5 Å². The SMILES string of the molecule is C=C(Cl)/C(O)=C\SNC1=C(C(=O)Nc2ccc(Cl)cn2)CCNC1. The van der Waals surface area contributed by atoms with E-state index in [0.29, 0.717) is 35.9 Å². The first-order chi connectivity index (χ1) is 11.5. The maximum atomic E-state index is 12.4. The Morgan fingerprint density at radius 2 is 2.29 bits per heavy atom. The number of nitrogens with zero attached hydrogens (tertiary/aromatic N) is 1. The highest BCUT2D eigenvalue weighted by atomic mass is 35.5. The molecule has 0 unspecified atom stereocenters. The number of hydrogen-bond acceptors (Lipinski definition) is 6. The molecular formula is C15H16Cl2N4O2S. The van der Waals surface area contributed by atoms with Crippen LogP contribution in [0.25, 0.3) is 0 Å². The highest BCUT2D eigenvalue weighted by molar-refractivity contribution is 8.00. The number of amides is 1. The van der Waals surface area contributed by atoms with Gasteiger partial charge in [-0.2, -0.15) is 0 Å². The van der Waals surface area contributed by atoms with Gasteiger partial charge in [-0.1, -0.05) is 29.8 Å². The standard InChI is InChI=1S/C15H16Cl2N4O2S/c1-9(16)13(22)8-24-21-12-7-18-5-4-11(12)15(23)20-14-3-2-10(17)6-19-14/h2-3,6,8,18,21-22H,1,4-5,7H2,(H,19,20,23)/b13-8+. The minimum Gasteiger partial charge on any atom is -0.506 e. The van der Waals surface area contributed by atoms with Crippen molar-refractivity contribution in [3.8, 4) is 0 Å². The molecule has 0 bridgehead atoms. The molecule has 1 aromatic rings. The van der Waals surface area contributed by atoms with Crippen LogP contribution in [0.5, 0.6) is 0 Å². The fourth-order valence-electron chi connectivity index (χ4n) is 1.89. The molecule has 0 atom stereocenters. The topological polar surface area (TPSA) is 86.3 Å². The van der Waals surface area contributed by atoms with Crippen LogP contribution in [0.3, 0.4) is 0 Å². The number of allylic oxidation sites excluding steroid dienone is 1. The minimum absolute atomic E-state index is 0.0480. The molecule has 9 heteroatoms. The van der Waals surface area contributed by atoms with Crippen LogP contribution in [-0.4, -0.2) is 29.1 Å². The van der Waals surface area contributed by atoms with Gasteiger partial charge in [0.15, 0.2) is 0 Å². The van der Waals surface area contributed by atoms with Gasteiger partial charge in [-0.25, -0.2) is 4.98 Å². The van der Waals surface area contributed by atoms with Gasteiger partial charge >= 0.3 is 0 Å². The predicted molar refractivity (Wildman–Crippen MR) is 98.8 cm³/mol. The first-order valence-corrected chi connectivity index (χ1v) is 8.62. The lowest BCUT2D eigenvalue weighted by atomic mass is 10.1. The summed E-state index contributed by atoms with van der Waals surface area (Å²) in [6.45, 7) is 4.63. The molecule has 0 spiro atoms. The molecule has 128 valence electrons. The summed E-state index contributed by atoms with van der Waals surface area (Å²) < 4.78 is 3.03. The van der Waals surface area contributed by atoms with Crippen LogP contribution in [0.2, 0.25) is 5.02 Å². The molecule has 6 nitrogen and oxygen atoms in total. The van der Waals surface area contributed by atoms with Gasteiger partial charge in [0.2, 0.25) is 0 Å². The van der Waals surface area contributed by atoms with Gasteiger partial charge in [0.25, 0.3) is 5.91 Å². The summed E-state index contributed by atoms with van der Waals surface area (Å²) in [6.07, 6.45) is 2.04. The molecule has 0 aliphatic carbocycles. The van der Waals surface area contributed by atoms with E-state index in [0.717, 1.165) is 17.6 Å². The maximum Gasteiger partial charge on any atom is 0.254 e.